The number of aromatic amines is 1. The lowest BCUT2D eigenvalue weighted by atomic mass is 9.84. The summed E-state index contributed by atoms with van der Waals surface area (Å²) in [6, 6.07) is 19.0. The van der Waals surface area contributed by atoms with E-state index in [2.05, 4.69) is 51.3 Å². The summed E-state index contributed by atoms with van der Waals surface area (Å²) in [6.45, 7) is 3.34. The predicted molar refractivity (Wildman–Crippen MR) is 140 cm³/mol. The van der Waals surface area contributed by atoms with Crippen LogP contribution in [0.4, 0.5) is 5.69 Å². The summed E-state index contributed by atoms with van der Waals surface area (Å²) in [7, 11) is 0. The van der Waals surface area contributed by atoms with Gasteiger partial charge in [0.1, 0.15) is 5.75 Å². The highest BCUT2D eigenvalue weighted by molar-refractivity contribution is 6.33. The van der Waals surface area contributed by atoms with Crippen molar-refractivity contribution in [3.63, 3.8) is 0 Å². The summed E-state index contributed by atoms with van der Waals surface area (Å²) in [4.78, 5) is 14.8. The third-order valence-electron chi connectivity index (χ3n) is 7.09. The van der Waals surface area contributed by atoms with Crippen LogP contribution >= 0.6 is 11.6 Å². The van der Waals surface area contributed by atoms with Crippen molar-refractivity contribution in [2.45, 2.75) is 38.0 Å². The van der Waals surface area contributed by atoms with E-state index in [1.54, 1.807) is 0 Å². The van der Waals surface area contributed by atoms with Crippen molar-refractivity contribution in [3.05, 3.63) is 65.2 Å². The summed E-state index contributed by atoms with van der Waals surface area (Å²) in [5, 5.41) is 0.573. The van der Waals surface area contributed by atoms with Crippen LogP contribution in [0.2, 0.25) is 5.02 Å². The number of morpholine rings is 1. The maximum atomic E-state index is 6.61. The van der Waals surface area contributed by atoms with E-state index in [0.29, 0.717) is 28.3 Å². The number of imidazole rings is 1. The first-order chi connectivity index (χ1) is 17.2. The van der Waals surface area contributed by atoms with Crippen LogP contribution < -0.4 is 9.64 Å². The Morgan fingerprint density at radius 2 is 1.66 bits per heavy atom. The molecule has 1 aliphatic carbocycles. The van der Waals surface area contributed by atoms with Gasteiger partial charge in [0.15, 0.2) is 5.65 Å². The highest BCUT2D eigenvalue weighted by Crippen LogP contribution is 2.34. The quantitative estimate of drug-likeness (QED) is 0.329. The SMILES string of the molecule is Clc1cc2[nH]c(Oc3ccc(C4CCCCC4)cc3)nc2nc1-c1ccc(N2CCOCC2)cc1. The molecule has 1 saturated carbocycles. The molecule has 0 amide bonds. The largest absolute Gasteiger partial charge is 0.426 e. The molecule has 6 rings (SSSR count). The molecule has 6 nitrogen and oxygen atoms in total. The van der Waals surface area contributed by atoms with E-state index in [4.69, 9.17) is 26.1 Å². The second kappa shape index (κ2) is 9.88. The monoisotopic (exact) mass is 488 g/mol. The molecule has 1 saturated heterocycles. The van der Waals surface area contributed by atoms with Gasteiger partial charge < -0.3 is 19.4 Å². The van der Waals surface area contributed by atoms with Crippen LogP contribution in [0.25, 0.3) is 22.4 Å². The predicted octanol–water partition coefficient (Wildman–Crippen LogP) is 6.95. The van der Waals surface area contributed by atoms with Crippen LogP contribution in [0.5, 0.6) is 11.8 Å². The number of hydrogen-bond donors (Lipinski definition) is 1. The Labute approximate surface area is 210 Å². The molecule has 3 heterocycles. The Bertz CT molecular complexity index is 1290. The van der Waals surface area contributed by atoms with E-state index in [-0.39, 0.29) is 0 Å². The molecule has 1 N–H and O–H groups in total. The van der Waals surface area contributed by atoms with Gasteiger partial charge in [0.2, 0.25) is 0 Å². The van der Waals surface area contributed by atoms with Gasteiger partial charge in [-0.25, -0.2) is 4.98 Å². The Morgan fingerprint density at radius 1 is 0.914 bits per heavy atom. The average Bonchev–Trinajstić information content (AvgIpc) is 3.30. The summed E-state index contributed by atoms with van der Waals surface area (Å²) in [5.74, 6) is 1.44. The molecule has 0 radical (unpaired) electrons. The number of fused-ring (bicyclic) bond motifs is 1. The molecule has 0 atom stereocenters. The van der Waals surface area contributed by atoms with Crippen molar-refractivity contribution in [1.82, 2.24) is 15.0 Å². The summed E-state index contributed by atoms with van der Waals surface area (Å²) < 4.78 is 11.5. The number of anilines is 1. The Balaban J connectivity index is 1.19. The molecule has 2 aliphatic rings. The standard InChI is InChI=1S/C28H29ClN4O2/c29-24-18-25-27(31-26(24)21-6-10-22(11-7-21)33-14-16-34-17-15-33)32-28(30-25)35-23-12-8-20(9-13-23)19-4-2-1-3-5-19/h6-13,18-19H,1-5,14-17H2,(H,30,31,32). The summed E-state index contributed by atoms with van der Waals surface area (Å²) in [6.07, 6.45) is 6.60. The number of hydrogen-bond acceptors (Lipinski definition) is 5. The van der Waals surface area contributed by atoms with Gasteiger partial charge in [0, 0.05) is 24.3 Å². The average molecular weight is 489 g/mol. The molecular weight excluding hydrogens is 460 g/mol. The number of ether oxygens (including phenoxy) is 2. The third-order valence-corrected chi connectivity index (χ3v) is 7.38. The van der Waals surface area contributed by atoms with Crippen LogP contribution in [0.1, 0.15) is 43.6 Å². The fourth-order valence-electron chi connectivity index (χ4n) is 5.15. The molecule has 2 fully saturated rings. The Hall–Kier alpha value is -3.09. The number of rotatable bonds is 5. The maximum Gasteiger partial charge on any atom is 0.301 e. The van der Waals surface area contributed by atoms with E-state index in [0.717, 1.165) is 43.1 Å². The second-order valence-electron chi connectivity index (χ2n) is 9.38. The molecule has 0 spiro atoms. The van der Waals surface area contributed by atoms with E-state index in [1.165, 1.54) is 43.4 Å². The van der Waals surface area contributed by atoms with Crippen LogP contribution in [0.15, 0.2) is 54.6 Å². The third kappa shape index (κ3) is 4.86. The van der Waals surface area contributed by atoms with Crippen molar-refractivity contribution >= 4 is 28.5 Å². The maximum absolute atomic E-state index is 6.61. The minimum atomic E-state index is 0.411. The Morgan fingerprint density at radius 3 is 2.40 bits per heavy atom. The zero-order chi connectivity index (χ0) is 23.6. The molecule has 0 bridgehead atoms. The Kier molecular flexibility index (Phi) is 6.32. The van der Waals surface area contributed by atoms with Gasteiger partial charge in [-0.2, -0.15) is 4.98 Å². The number of benzene rings is 2. The minimum Gasteiger partial charge on any atom is -0.426 e. The fourth-order valence-corrected chi connectivity index (χ4v) is 5.41. The van der Waals surface area contributed by atoms with Gasteiger partial charge in [-0.1, -0.05) is 55.1 Å². The van der Waals surface area contributed by atoms with Gasteiger partial charge in [-0.15, -0.1) is 0 Å². The number of pyridine rings is 1. The van der Waals surface area contributed by atoms with Crippen molar-refractivity contribution in [1.29, 1.82) is 0 Å². The van der Waals surface area contributed by atoms with Gasteiger partial charge in [0.25, 0.3) is 0 Å². The van der Waals surface area contributed by atoms with E-state index >= 15 is 0 Å². The van der Waals surface area contributed by atoms with Gasteiger partial charge >= 0.3 is 6.01 Å². The summed E-state index contributed by atoms with van der Waals surface area (Å²) >= 11 is 6.61. The molecule has 180 valence electrons. The molecule has 2 aromatic heterocycles. The molecule has 35 heavy (non-hydrogen) atoms. The number of halogens is 1. The highest BCUT2D eigenvalue weighted by Gasteiger charge is 2.17. The van der Waals surface area contributed by atoms with Crippen molar-refractivity contribution < 1.29 is 9.47 Å². The second-order valence-corrected chi connectivity index (χ2v) is 9.79. The summed E-state index contributed by atoms with van der Waals surface area (Å²) in [5.41, 5.74) is 5.58. The van der Waals surface area contributed by atoms with Gasteiger partial charge in [-0.05, 0) is 54.7 Å². The molecule has 7 heteroatoms. The van der Waals surface area contributed by atoms with Crippen molar-refractivity contribution in [3.8, 4) is 23.0 Å². The highest BCUT2D eigenvalue weighted by atomic mass is 35.5. The first-order valence-corrected chi connectivity index (χ1v) is 12.9. The molecule has 1 aliphatic heterocycles. The number of aromatic nitrogens is 3. The van der Waals surface area contributed by atoms with Crippen LogP contribution in [0, 0.1) is 0 Å². The topological polar surface area (TPSA) is 63.3 Å². The zero-order valence-corrected chi connectivity index (χ0v) is 20.4. The smallest absolute Gasteiger partial charge is 0.301 e. The first kappa shape index (κ1) is 22.4. The molecule has 4 aromatic rings. The van der Waals surface area contributed by atoms with E-state index in [9.17, 15) is 0 Å². The molecule has 0 unspecified atom stereocenters. The van der Waals surface area contributed by atoms with Gasteiger partial charge in [-0.3, -0.25) is 0 Å². The zero-order valence-electron chi connectivity index (χ0n) is 19.7. The normalized spacial score (nSPS) is 17.1. The lowest BCUT2D eigenvalue weighted by molar-refractivity contribution is 0.122. The van der Waals surface area contributed by atoms with Crippen LogP contribution in [-0.2, 0) is 4.74 Å². The van der Waals surface area contributed by atoms with Gasteiger partial charge in [0.05, 0.1) is 29.4 Å². The lowest BCUT2D eigenvalue weighted by Crippen LogP contribution is -2.36. The van der Waals surface area contributed by atoms with Crippen molar-refractivity contribution in [2.24, 2.45) is 0 Å². The molecule has 2 aromatic carbocycles. The number of H-pyrrole nitrogens is 1. The molecular formula is C28H29ClN4O2. The first-order valence-electron chi connectivity index (χ1n) is 12.5. The van der Waals surface area contributed by atoms with Crippen LogP contribution in [0.3, 0.4) is 0 Å². The lowest BCUT2D eigenvalue weighted by Gasteiger charge is -2.28. The van der Waals surface area contributed by atoms with E-state index in [1.807, 2.05) is 18.2 Å². The minimum absolute atomic E-state index is 0.411. The fraction of sp³-hybridized carbons (Fsp3) is 0.357. The number of nitrogens with one attached hydrogen (secondary N) is 1. The van der Waals surface area contributed by atoms with Crippen LogP contribution in [-0.4, -0.2) is 41.3 Å². The van der Waals surface area contributed by atoms with Crippen molar-refractivity contribution in [2.75, 3.05) is 31.2 Å². The number of nitrogens with zero attached hydrogens (tertiary/aromatic N) is 3. The van der Waals surface area contributed by atoms with E-state index < -0.39 is 0 Å².